The monoisotopic (exact) mass is 279 g/mol. The molecule has 0 radical (unpaired) electrons. The Hall–Kier alpha value is -2.82. The number of cyclic esters (lactones) is 1. The summed E-state index contributed by atoms with van der Waals surface area (Å²) < 4.78 is 5.17. The van der Waals surface area contributed by atoms with Crippen LogP contribution in [0.3, 0.4) is 0 Å². The summed E-state index contributed by atoms with van der Waals surface area (Å²) in [7, 11) is 0. The highest BCUT2D eigenvalue weighted by Crippen LogP contribution is 2.12. The van der Waals surface area contributed by atoms with Gasteiger partial charge in [-0.3, -0.25) is 9.98 Å². The lowest BCUT2D eigenvalue weighted by molar-refractivity contribution is -0.133. The van der Waals surface area contributed by atoms with Gasteiger partial charge in [-0.1, -0.05) is 18.2 Å². The maximum Gasteiger partial charge on any atom is 0.343 e. The Balaban J connectivity index is 1.68. The molecule has 0 unspecified atom stereocenters. The van der Waals surface area contributed by atoms with Crippen LogP contribution in [0.25, 0.3) is 0 Å². The molecular weight excluding hydrogens is 266 g/mol. The summed E-state index contributed by atoms with van der Waals surface area (Å²) in [6.07, 6.45) is 4.94. The number of aliphatic imine (C=N–C) groups is 2. The fourth-order valence-electron chi connectivity index (χ4n) is 1.92. The number of carbonyl (C=O) groups excluding carboxylic acids is 1. The third-order valence-electron chi connectivity index (χ3n) is 2.99. The van der Waals surface area contributed by atoms with E-state index in [9.17, 15) is 4.79 Å². The molecule has 0 fully saturated rings. The Bertz CT molecular complexity index is 681. The Kier molecular flexibility index (Phi) is 3.82. The molecule has 2 heterocycles. The maximum absolute atomic E-state index is 11.8. The van der Waals surface area contributed by atoms with Crippen LogP contribution in [0.15, 0.2) is 64.8 Å². The highest BCUT2D eigenvalue weighted by Gasteiger charge is 2.28. The van der Waals surface area contributed by atoms with Crippen LogP contribution < -0.4 is 0 Å². The quantitative estimate of drug-likeness (QED) is 0.635. The summed E-state index contributed by atoms with van der Waals surface area (Å²) in [5.74, 6) is -0.0479. The summed E-state index contributed by atoms with van der Waals surface area (Å²) in [6.45, 7) is 0.489. The van der Waals surface area contributed by atoms with Crippen molar-refractivity contribution in [3.8, 4) is 0 Å². The van der Waals surface area contributed by atoms with Crippen LogP contribution in [-0.2, 0) is 16.1 Å². The fraction of sp³-hybridized carbons (Fsp3) is 0.125. The SMILES string of the molecule is O=C1OC(c2ccccc2)=N[C@@H]1C=NCc1ccncc1. The van der Waals surface area contributed by atoms with Gasteiger partial charge in [0, 0.05) is 24.2 Å². The number of hydrogen-bond acceptors (Lipinski definition) is 5. The molecule has 0 bridgehead atoms. The second-order valence-corrected chi connectivity index (χ2v) is 4.51. The summed E-state index contributed by atoms with van der Waals surface area (Å²) in [5.41, 5.74) is 1.82. The zero-order valence-electron chi connectivity index (χ0n) is 11.2. The van der Waals surface area contributed by atoms with Crippen LogP contribution in [-0.4, -0.2) is 29.1 Å². The average Bonchev–Trinajstić information content (AvgIpc) is 2.91. The molecule has 0 amide bonds. The highest BCUT2D eigenvalue weighted by atomic mass is 16.6. The number of benzene rings is 1. The maximum atomic E-state index is 11.8. The smallest absolute Gasteiger partial charge is 0.343 e. The van der Waals surface area contributed by atoms with Gasteiger partial charge in [-0.2, -0.15) is 0 Å². The number of pyridine rings is 1. The third kappa shape index (κ3) is 3.20. The standard InChI is InChI=1S/C16H13N3O2/c20-16-14(11-18-10-12-6-8-17-9-7-12)19-15(21-16)13-4-2-1-3-5-13/h1-9,11,14H,10H2/t14-/m1/s1. The molecule has 0 saturated heterocycles. The zero-order valence-corrected chi connectivity index (χ0v) is 11.2. The summed E-state index contributed by atoms with van der Waals surface area (Å²) in [6, 6.07) is 12.4. The molecule has 0 N–H and O–H groups in total. The molecule has 0 spiro atoms. The van der Waals surface area contributed by atoms with Crippen molar-refractivity contribution in [1.82, 2.24) is 4.98 Å². The molecule has 104 valence electrons. The molecule has 21 heavy (non-hydrogen) atoms. The Morgan fingerprint density at radius 3 is 2.67 bits per heavy atom. The van der Waals surface area contributed by atoms with Gasteiger partial charge in [0.2, 0.25) is 5.90 Å². The van der Waals surface area contributed by atoms with E-state index in [2.05, 4.69) is 15.0 Å². The first-order valence-corrected chi connectivity index (χ1v) is 6.57. The number of hydrogen-bond donors (Lipinski definition) is 0. The van der Waals surface area contributed by atoms with Gasteiger partial charge in [0.25, 0.3) is 0 Å². The van der Waals surface area contributed by atoms with Crippen LogP contribution in [0.1, 0.15) is 11.1 Å². The molecule has 3 rings (SSSR count). The van der Waals surface area contributed by atoms with E-state index in [1.807, 2.05) is 42.5 Å². The minimum Gasteiger partial charge on any atom is -0.405 e. The molecule has 1 aliphatic heterocycles. The van der Waals surface area contributed by atoms with Crippen molar-refractivity contribution < 1.29 is 9.53 Å². The van der Waals surface area contributed by atoms with Crippen molar-refractivity contribution >= 4 is 18.1 Å². The van der Waals surface area contributed by atoms with E-state index in [0.29, 0.717) is 12.4 Å². The summed E-state index contributed by atoms with van der Waals surface area (Å²) in [4.78, 5) is 24.2. The zero-order chi connectivity index (χ0) is 14.5. The molecule has 1 aliphatic rings. The van der Waals surface area contributed by atoms with Gasteiger partial charge in [0.05, 0.1) is 6.54 Å². The van der Waals surface area contributed by atoms with Crippen molar-refractivity contribution in [3.05, 3.63) is 66.0 Å². The molecule has 0 aliphatic carbocycles. The van der Waals surface area contributed by atoms with E-state index >= 15 is 0 Å². The van der Waals surface area contributed by atoms with Gasteiger partial charge in [-0.25, -0.2) is 9.79 Å². The fourth-order valence-corrected chi connectivity index (χ4v) is 1.92. The first kappa shape index (κ1) is 13.2. The Morgan fingerprint density at radius 1 is 1.14 bits per heavy atom. The number of esters is 1. The van der Waals surface area contributed by atoms with Crippen LogP contribution >= 0.6 is 0 Å². The summed E-state index contributed by atoms with van der Waals surface area (Å²) >= 11 is 0. The lowest BCUT2D eigenvalue weighted by atomic mass is 10.2. The van der Waals surface area contributed by atoms with E-state index in [1.165, 1.54) is 6.21 Å². The van der Waals surface area contributed by atoms with Gasteiger partial charge < -0.3 is 4.74 Å². The molecule has 2 aromatic rings. The minimum atomic E-state index is -0.665. The molecular formula is C16H13N3O2. The van der Waals surface area contributed by atoms with E-state index < -0.39 is 12.0 Å². The highest BCUT2D eigenvalue weighted by molar-refractivity contribution is 6.11. The first-order chi connectivity index (χ1) is 10.3. The predicted octanol–water partition coefficient (Wildman–Crippen LogP) is 2.02. The Labute approximate surface area is 122 Å². The molecule has 5 nitrogen and oxygen atoms in total. The largest absolute Gasteiger partial charge is 0.405 e. The van der Waals surface area contributed by atoms with E-state index in [1.54, 1.807) is 12.4 Å². The minimum absolute atomic E-state index is 0.348. The number of nitrogens with zero attached hydrogens (tertiary/aromatic N) is 3. The van der Waals surface area contributed by atoms with Crippen LogP contribution in [0.4, 0.5) is 0 Å². The second-order valence-electron chi connectivity index (χ2n) is 4.51. The van der Waals surface area contributed by atoms with Crippen molar-refractivity contribution in [2.45, 2.75) is 12.6 Å². The van der Waals surface area contributed by atoms with Crippen molar-refractivity contribution in [2.75, 3.05) is 0 Å². The summed E-state index contributed by atoms with van der Waals surface area (Å²) in [5, 5.41) is 0. The van der Waals surface area contributed by atoms with Gasteiger partial charge in [-0.15, -0.1) is 0 Å². The topological polar surface area (TPSA) is 63.9 Å². The van der Waals surface area contributed by atoms with Crippen molar-refractivity contribution in [3.63, 3.8) is 0 Å². The molecule has 1 atom stereocenters. The Morgan fingerprint density at radius 2 is 1.90 bits per heavy atom. The van der Waals surface area contributed by atoms with Gasteiger partial charge >= 0.3 is 5.97 Å². The lowest BCUT2D eigenvalue weighted by Gasteiger charge is -1.97. The predicted molar refractivity (Wildman–Crippen MR) is 79.3 cm³/mol. The van der Waals surface area contributed by atoms with E-state index in [-0.39, 0.29) is 0 Å². The van der Waals surface area contributed by atoms with Crippen molar-refractivity contribution in [1.29, 1.82) is 0 Å². The lowest BCUT2D eigenvalue weighted by Crippen LogP contribution is -2.16. The van der Waals surface area contributed by atoms with E-state index in [4.69, 9.17) is 4.74 Å². The third-order valence-corrected chi connectivity index (χ3v) is 2.99. The first-order valence-electron chi connectivity index (χ1n) is 6.57. The van der Waals surface area contributed by atoms with Crippen LogP contribution in [0.2, 0.25) is 0 Å². The van der Waals surface area contributed by atoms with Crippen LogP contribution in [0, 0.1) is 0 Å². The normalized spacial score (nSPS) is 17.8. The molecule has 0 saturated carbocycles. The van der Waals surface area contributed by atoms with Gasteiger partial charge in [-0.05, 0) is 29.8 Å². The van der Waals surface area contributed by atoms with Gasteiger partial charge in [0.15, 0.2) is 6.04 Å². The van der Waals surface area contributed by atoms with Gasteiger partial charge in [0.1, 0.15) is 0 Å². The van der Waals surface area contributed by atoms with Crippen LogP contribution in [0.5, 0.6) is 0 Å². The molecule has 1 aromatic heterocycles. The average molecular weight is 279 g/mol. The number of carbonyl (C=O) groups is 1. The number of aromatic nitrogens is 1. The van der Waals surface area contributed by atoms with E-state index in [0.717, 1.165) is 11.1 Å². The number of ether oxygens (including phenoxy) is 1. The number of rotatable bonds is 4. The second kappa shape index (κ2) is 6.09. The molecule has 5 heteroatoms. The van der Waals surface area contributed by atoms with Crippen molar-refractivity contribution in [2.24, 2.45) is 9.98 Å². The molecule has 1 aromatic carbocycles.